The van der Waals surface area contributed by atoms with Gasteiger partial charge in [0.1, 0.15) is 5.82 Å². The summed E-state index contributed by atoms with van der Waals surface area (Å²) < 4.78 is 2.42. The number of aliphatic carboxylic acids is 1. The molecule has 0 aliphatic heterocycles. The zero-order valence-electron chi connectivity index (χ0n) is 22.8. The number of carbonyl (C=O) groups excluding carboxylic acids is 1. The number of nitrogens with zero attached hydrogens (tertiary/aromatic N) is 2. The third-order valence-electron chi connectivity index (χ3n) is 8.81. The van der Waals surface area contributed by atoms with Gasteiger partial charge < -0.3 is 20.1 Å². The highest BCUT2D eigenvalue weighted by Crippen LogP contribution is 2.37. The topological polar surface area (TPSA) is 104 Å². The number of aromatic nitrogens is 2. The van der Waals surface area contributed by atoms with E-state index in [9.17, 15) is 19.8 Å². The number of aliphatic hydroxyl groups is 1. The van der Waals surface area contributed by atoms with Gasteiger partial charge in [-0.3, -0.25) is 9.59 Å². The van der Waals surface area contributed by atoms with E-state index in [4.69, 9.17) is 4.98 Å². The van der Waals surface area contributed by atoms with E-state index in [2.05, 4.69) is 34.3 Å². The fourth-order valence-electron chi connectivity index (χ4n) is 6.70. The lowest BCUT2D eigenvalue weighted by molar-refractivity contribution is -0.139. The summed E-state index contributed by atoms with van der Waals surface area (Å²) in [6.45, 7) is 2.33. The molecule has 0 radical (unpaired) electrons. The van der Waals surface area contributed by atoms with Gasteiger partial charge in [0, 0.05) is 22.9 Å². The van der Waals surface area contributed by atoms with Crippen LogP contribution in [0.5, 0.6) is 0 Å². The molecule has 1 unspecified atom stereocenters. The Balaban J connectivity index is 1.41. The van der Waals surface area contributed by atoms with Crippen LogP contribution in [-0.4, -0.2) is 43.8 Å². The van der Waals surface area contributed by atoms with Crippen LogP contribution in [0.15, 0.2) is 35.7 Å². The first kappa shape index (κ1) is 27.8. The van der Waals surface area contributed by atoms with Crippen LogP contribution >= 0.6 is 11.3 Å². The van der Waals surface area contributed by atoms with E-state index < -0.39 is 18.1 Å². The molecule has 0 spiro atoms. The highest BCUT2D eigenvalue weighted by Gasteiger charge is 2.30. The molecule has 2 fully saturated rings. The summed E-state index contributed by atoms with van der Waals surface area (Å²) in [6, 6.07) is 9.73. The van der Waals surface area contributed by atoms with Gasteiger partial charge >= 0.3 is 5.97 Å². The standard InChI is InChI=1S/C31H41N3O4S/c1-20-8-5-6-12-26(20)34-27-14-13-22(17-24(27)32-29(34)18-23-11-7-15-39-23)31(38)33-25(28(35)19-30(36)37)16-21-9-3-2-4-10-21/h7,11,13-15,17,20-21,25-26,28,35H,2-6,8-10,12,16,18-19H2,1H3,(H,33,38)(H,36,37)/t20-,25+,26?,28-/m1/s1. The minimum Gasteiger partial charge on any atom is -0.481 e. The van der Waals surface area contributed by atoms with Crippen LogP contribution in [0, 0.1) is 11.8 Å². The largest absolute Gasteiger partial charge is 0.481 e. The maximum absolute atomic E-state index is 13.4. The van der Waals surface area contributed by atoms with Gasteiger partial charge in [-0.25, -0.2) is 4.98 Å². The van der Waals surface area contributed by atoms with Crippen molar-refractivity contribution in [1.82, 2.24) is 14.9 Å². The first-order valence-electron chi connectivity index (χ1n) is 14.6. The van der Waals surface area contributed by atoms with Crippen molar-refractivity contribution >= 4 is 34.2 Å². The van der Waals surface area contributed by atoms with Gasteiger partial charge in [-0.05, 0) is 60.7 Å². The predicted molar refractivity (Wildman–Crippen MR) is 154 cm³/mol. The van der Waals surface area contributed by atoms with E-state index in [1.807, 2.05) is 18.2 Å². The maximum Gasteiger partial charge on any atom is 0.306 e. The van der Waals surface area contributed by atoms with Crippen molar-refractivity contribution in [3.05, 3.63) is 52.0 Å². The molecule has 2 aliphatic rings. The maximum atomic E-state index is 13.4. The highest BCUT2D eigenvalue weighted by molar-refractivity contribution is 7.09. The van der Waals surface area contributed by atoms with E-state index in [1.165, 1.54) is 30.6 Å². The Morgan fingerprint density at radius 3 is 2.59 bits per heavy atom. The summed E-state index contributed by atoms with van der Waals surface area (Å²) in [5.74, 6) is 0.645. The summed E-state index contributed by atoms with van der Waals surface area (Å²) in [5, 5.41) is 25.1. The Hall–Kier alpha value is -2.71. The van der Waals surface area contributed by atoms with E-state index >= 15 is 0 Å². The van der Waals surface area contributed by atoms with Crippen LogP contribution in [0.3, 0.4) is 0 Å². The number of carbonyl (C=O) groups is 2. The van der Waals surface area contributed by atoms with E-state index in [0.29, 0.717) is 29.9 Å². The van der Waals surface area contributed by atoms with Crippen molar-refractivity contribution in [3.8, 4) is 0 Å². The molecule has 39 heavy (non-hydrogen) atoms. The monoisotopic (exact) mass is 551 g/mol. The van der Waals surface area contributed by atoms with Gasteiger partial charge in [0.25, 0.3) is 5.91 Å². The number of fused-ring (bicyclic) bond motifs is 1. The summed E-state index contributed by atoms with van der Waals surface area (Å²) in [5.41, 5.74) is 2.35. The smallest absolute Gasteiger partial charge is 0.306 e. The number of hydrogen-bond donors (Lipinski definition) is 3. The molecule has 3 N–H and O–H groups in total. The molecule has 2 heterocycles. The van der Waals surface area contributed by atoms with Crippen molar-refractivity contribution in [1.29, 1.82) is 0 Å². The molecule has 2 aliphatic carbocycles. The van der Waals surface area contributed by atoms with Crippen LogP contribution in [0.25, 0.3) is 11.0 Å². The summed E-state index contributed by atoms with van der Waals surface area (Å²) in [7, 11) is 0. The molecular formula is C31H41N3O4S. The van der Waals surface area contributed by atoms with E-state index in [0.717, 1.165) is 55.4 Å². The first-order valence-corrected chi connectivity index (χ1v) is 15.5. The summed E-state index contributed by atoms with van der Waals surface area (Å²) in [6.07, 6.45) is 10.3. The number of rotatable bonds is 10. The zero-order valence-corrected chi connectivity index (χ0v) is 23.7. The first-order chi connectivity index (χ1) is 18.9. The average molecular weight is 552 g/mol. The summed E-state index contributed by atoms with van der Waals surface area (Å²) in [4.78, 5) is 31.1. The normalized spacial score (nSPS) is 22.0. The number of aliphatic hydroxyl groups excluding tert-OH is 1. The second kappa shape index (κ2) is 12.6. The SMILES string of the molecule is C[C@@H]1CCCCC1n1c(Cc2cccs2)nc2cc(C(=O)N[C@@H](CC3CCCCC3)[C@H](O)CC(=O)O)ccc21. The van der Waals surface area contributed by atoms with Gasteiger partial charge in [0.2, 0.25) is 0 Å². The molecule has 2 saturated carbocycles. The third-order valence-corrected chi connectivity index (χ3v) is 9.69. The molecule has 4 atom stereocenters. The molecular weight excluding hydrogens is 510 g/mol. The van der Waals surface area contributed by atoms with Crippen LogP contribution in [0.2, 0.25) is 0 Å². The fraction of sp³-hybridized carbons (Fsp3) is 0.581. The number of amides is 1. The van der Waals surface area contributed by atoms with E-state index in [1.54, 1.807) is 11.3 Å². The second-order valence-electron chi connectivity index (χ2n) is 11.7. The lowest BCUT2D eigenvalue weighted by atomic mass is 9.83. The minimum absolute atomic E-state index is 0.289. The molecule has 3 aromatic rings. The van der Waals surface area contributed by atoms with E-state index in [-0.39, 0.29) is 12.3 Å². The van der Waals surface area contributed by atoms with Crippen molar-refractivity contribution < 1.29 is 19.8 Å². The number of hydrogen-bond acceptors (Lipinski definition) is 5. The molecule has 0 saturated heterocycles. The van der Waals surface area contributed by atoms with Crippen LogP contribution < -0.4 is 5.32 Å². The number of carboxylic acids is 1. The van der Waals surface area contributed by atoms with Crippen LogP contribution in [0.4, 0.5) is 0 Å². The molecule has 7 nitrogen and oxygen atoms in total. The Kier molecular flexibility index (Phi) is 9.03. The van der Waals surface area contributed by atoms with Crippen LogP contribution in [-0.2, 0) is 11.2 Å². The van der Waals surface area contributed by atoms with Gasteiger partial charge in [0.05, 0.1) is 29.6 Å². The Bertz CT molecular complexity index is 1260. The Morgan fingerprint density at radius 1 is 1.10 bits per heavy atom. The number of benzene rings is 1. The predicted octanol–water partition coefficient (Wildman–Crippen LogP) is 6.34. The van der Waals surface area contributed by atoms with Gasteiger partial charge in [-0.2, -0.15) is 0 Å². The Labute approximate surface area is 234 Å². The van der Waals surface area contributed by atoms with Crippen molar-refractivity contribution in [3.63, 3.8) is 0 Å². The van der Waals surface area contributed by atoms with Crippen LogP contribution in [0.1, 0.15) is 105 Å². The summed E-state index contributed by atoms with van der Waals surface area (Å²) >= 11 is 1.74. The lowest BCUT2D eigenvalue weighted by Gasteiger charge is -2.31. The highest BCUT2D eigenvalue weighted by atomic mass is 32.1. The molecule has 2 aromatic heterocycles. The molecule has 0 bridgehead atoms. The van der Waals surface area contributed by atoms with Crippen molar-refractivity contribution in [2.24, 2.45) is 11.8 Å². The van der Waals surface area contributed by atoms with Gasteiger partial charge in [-0.15, -0.1) is 11.3 Å². The Morgan fingerprint density at radius 2 is 1.87 bits per heavy atom. The minimum atomic E-state index is -1.12. The zero-order chi connectivity index (χ0) is 27.4. The van der Waals surface area contributed by atoms with Crippen molar-refractivity contribution in [2.45, 2.75) is 102 Å². The second-order valence-corrected chi connectivity index (χ2v) is 12.7. The molecule has 1 amide bonds. The molecule has 5 rings (SSSR count). The number of carboxylic acid groups (broad SMARTS) is 1. The number of imidazole rings is 1. The third kappa shape index (κ3) is 6.72. The van der Waals surface area contributed by atoms with Crippen molar-refractivity contribution in [2.75, 3.05) is 0 Å². The molecule has 1 aromatic carbocycles. The van der Waals surface area contributed by atoms with Gasteiger partial charge in [0.15, 0.2) is 0 Å². The molecule has 210 valence electrons. The van der Waals surface area contributed by atoms with Gasteiger partial charge in [-0.1, -0.05) is 57.9 Å². The fourth-order valence-corrected chi connectivity index (χ4v) is 7.40. The lowest BCUT2D eigenvalue weighted by Crippen LogP contribution is -2.45. The average Bonchev–Trinajstić information content (AvgIpc) is 3.56. The quantitative estimate of drug-likeness (QED) is 0.273. The number of thiophene rings is 1. The number of nitrogens with one attached hydrogen (secondary N) is 1. The molecule has 8 heteroatoms.